The van der Waals surface area contributed by atoms with E-state index in [1.54, 1.807) is 0 Å². The van der Waals surface area contributed by atoms with E-state index < -0.39 is 0 Å². The van der Waals surface area contributed by atoms with Gasteiger partial charge < -0.3 is 9.47 Å². The Kier molecular flexibility index (Phi) is 5.51. The molecule has 2 saturated heterocycles. The molecule has 0 aromatic heterocycles. The number of benzene rings is 1. The Bertz CT molecular complexity index is 453. The van der Waals surface area contributed by atoms with Crippen molar-refractivity contribution in [1.82, 2.24) is 4.90 Å². The van der Waals surface area contributed by atoms with Gasteiger partial charge in [-0.2, -0.15) is 0 Å². The molecule has 2 aliphatic heterocycles. The Labute approximate surface area is 134 Å². The molecule has 1 aromatic carbocycles. The Balaban J connectivity index is 1.75. The van der Waals surface area contributed by atoms with Crippen molar-refractivity contribution in [3.05, 3.63) is 35.4 Å². The number of methoxy groups -OCH3 is 1. The van der Waals surface area contributed by atoms with Gasteiger partial charge in [-0.1, -0.05) is 29.8 Å². The second-order valence-corrected chi connectivity index (χ2v) is 6.75. The fraction of sp³-hybridized carbons (Fsp3) is 0.684. The van der Waals surface area contributed by atoms with Crippen LogP contribution in [-0.4, -0.2) is 50.0 Å². The zero-order valence-corrected chi connectivity index (χ0v) is 14.0. The molecular formula is C19H29NO2. The molecule has 0 N–H and O–H groups in total. The zero-order valence-electron chi connectivity index (χ0n) is 14.0. The lowest BCUT2D eigenvalue weighted by molar-refractivity contribution is -0.0588. The summed E-state index contributed by atoms with van der Waals surface area (Å²) in [6.07, 6.45) is 6.23. The molecule has 0 saturated carbocycles. The van der Waals surface area contributed by atoms with Crippen LogP contribution < -0.4 is 0 Å². The van der Waals surface area contributed by atoms with Crippen molar-refractivity contribution >= 4 is 0 Å². The van der Waals surface area contributed by atoms with Gasteiger partial charge in [0.15, 0.2) is 0 Å². The van der Waals surface area contributed by atoms with Crippen LogP contribution in [0.2, 0.25) is 0 Å². The number of ether oxygens (including phenoxy) is 2. The highest BCUT2D eigenvalue weighted by atomic mass is 16.5. The molecule has 3 nitrogen and oxygen atoms in total. The zero-order chi connectivity index (χ0) is 15.4. The maximum absolute atomic E-state index is 5.85. The molecule has 3 heteroatoms. The maximum Gasteiger partial charge on any atom is 0.0730 e. The lowest BCUT2D eigenvalue weighted by Crippen LogP contribution is -2.55. The van der Waals surface area contributed by atoms with Crippen LogP contribution in [0.1, 0.15) is 36.8 Å². The van der Waals surface area contributed by atoms with Gasteiger partial charge in [0.25, 0.3) is 0 Å². The van der Waals surface area contributed by atoms with Gasteiger partial charge in [0, 0.05) is 32.4 Å². The summed E-state index contributed by atoms with van der Waals surface area (Å²) in [6, 6.07) is 10.2. The van der Waals surface area contributed by atoms with Crippen LogP contribution in [0, 0.1) is 6.92 Å². The molecule has 0 spiro atoms. The lowest BCUT2D eigenvalue weighted by Gasteiger charge is -2.46. The van der Waals surface area contributed by atoms with E-state index in [1.165, 1.54) is 43.4 Å². The number of hydrogen-bond acceptors (Lipinski definition) is 3. The van der Waals surface area contributed by atoms with E-state index in [2.05, 4.69) is 36.1 Å². The highest BCUT2D eigenvalue weighted by Gasteiger charge is 2.36. The average Bonchev–Trinajstić information content (AvgIpc) is 2.58. The molecule has 122 valence electrons. The highest BCUT2D eigenvalue weighted by Crippen LogP contribution is 2.28. The first kappa shape index (κ1) is 16.0. The number of hydrogen-bond donors (Lipinski definition) is 0. The highest BCUT2D eigenvalue weighted by molar-refractivity contribution is 5.22. The second kappa shape index (κ2) is 7.58. The minimum absolute atomic E-state index is 0.359. The first-order valence-corrected chi connectivity index (χ1v) is 8.70. The van der Waals surface area contributed by atoms with Gasteiger partial charge >= 0.3 is 0 Å². The van der Waals surface area contributed by atoms with Crippen molar-refractivity contribution in [2.24, 2.45) is 0 Å². The van der Waals surface area contributed by atoms with Crippen molar-refractivity contribution < 1.29 is 9.47 Å². The molecule has 0 radical (unpaired) electrons. The van der Waals surface area contributed by atoms with Crippen molar-refractivity contribution in [2.75, 3.05) is 26.9 Å². The second-order valence-electron chi connectivity index (χ2n) is 6.75. The minimum Gasteiger partial charge on any atom is -0.381 e. The fourth-order valence-electron chi connectivity index (χ4n) is 4.01. The Morgan fingerprint density at radius 3 is 2.55 bits per heavy atom. The number of likely N-dealkylation sites (tertiary alicyclic amines) is 1. The Morgan fingerprint density at radius 1 is 1.14 bits per heavy atom. The maximum atomic E-state index is 5.85. The SMILES string of the molecule is CO[C@H]1CCCN(C2CCOCC2)[C@H]1Cc1ccc(C)cc1. The summed E-state index contributed by atoms with van der Waals surface area (Å²) in [5, 5.41) is 0. The standard InChI is InChI=1S/C19H29NO2/c1-15-5-7-16(8-6-15)14-18-19(21-2)4-3-11-20(18)17-9-12-22-13-10-17/h5-8,17-19H,3-4,9-14H2,1-2H3/t18-,19-/m0/s1. The molecule has 0 amide bonds. The van der Waals surface area contributed by atoms with E-state index in [1.807, 2.05) is 7.11 Å². The lowest BCUT2D eigenvalue weighted by atomic mass is 9.89. The quantitative estimate of drug-likeness (QED) is 0.852. The molecular weight excluding hydrogens is 274 g/mol. The third-order valence-electron chi connectivity index (χ3n) is 5.29. The molecule has 3 rings (SSSR count). The largest absolute Gasteiger partial charge is 0.381 e. The van der Waals surface area contributed by atoms with Crippen LogP contribution in [0.4, 0.5) is 0 Å². The van der Waals surface area contributed by atoms with Crippen LogP contribution in [0.15, 0.2) is 24.3 Å². The number of aryl methyl sites for hydroxylation is 1. The van der Waals surface area contributed by atoms with Gasteiger partial charge in [0.2, 0.25) is 0 Å². The van der Waals surface area contributed by atoms with Crippen LogP contribution in [0.5, 0.6) is 0 Å². The number of rotatable bonds is 4. The van der Waals surface area contributed by atoms with E-state index in [-0.39, 0.29) is 0 Å². The molecule has 0 unspecified atom stereocenters. The summed E-state index contributed by atoms with van der Waals surface area (Å²) in [5.41, 5.74) is 2.76. The molecule has 2 heterocycles. The molecule has 22 heavy (non-hydrogen) atoms. The number of nitrogens with zero attached hydrogens (tertiary/aromatic N) is 1. The van der Waals surface area contributed by atoms with Gasteiger partial charge in [-0.05, 0) is 51.1 Å². The Morgan fingerprint density at radius 2 is 1.86 bits per heavy atom. The number of piperidine rings is 1. The van der Waals surface area contributed by atoms with E-state index in [4.69, 9.17) is 9.47 Å². The van der Waals surface area contributed by atoms with Crippen LogP contribution in [0.25, 0.3) is 0 Å². The summed E-state index contributed by atoms with van der Waals surface area (Å²) in [7, 11) is 1.88. The molecule has 0 aliphatic carbocycles. The molecule has 2 fully saturated rings. The van der Waals surface area contributed by atoms with Crippen molar-refractivity contribution in [1.29, 1.82) is 0 Å². The van der Waals surface area contributed by atoms with Gasteiger partial charge in [0.05, 0.1) is 6.10 Å². The van der Waals surface area contributed by atoms with Crippen LogP contribution in [0.3, 0.4) is 0 Å². The van der Waals surface area contributed by atoms with Gasteiger partial charge in [0.1, 0.15) is 0 Å². The van der Waals surface area contributed by atoms with Crippen LogP contribution >= 0.6 is 0 Å². The molecule has 2 aliphatic rings. The molecule has 0 bridgehead atoms. The summed E-state index contributed by atoms with van der Waals surface area (Å²) in [5.74, 6) is 0. The van der Waals surface area contributed by atoms with Crippen molar-refractivity contribution in [3.8, 4) is 0 Å². The van der Waals surface area contributed by atoms with Crippen molar-refractivity contribution in [3.63, 3.8) is 0 Å². The monoisotopic (exact) mass is 303 g/mol. The smallest absolute Gasteiger partial charge is 0.0730 e. The van der Waals surface area contributed by atoms with Gasteiger partial charge in [-0.3, -0.25) is 4.90 Å². The summed E-state index contributed by atoms with van der Waals surface area (Å²) in [4.78, 5) is 2.72. The third kappa shape index (κ3) is 3.70. The predicted molar refractivity (Wildman–Crippen MR) is 89.2 cm³/mol. The third-order valence-corrected chi connectivity index (χ3v) is 5.29. The minimum atomic E-state index is 0.359. The average molecular weight is 303 g/mol. The molecule has 1 aromatic rings. The van der Waals surface area contributed by atoms with E-state index in [9.17, 15) is 0 Å². The predicted octanol–water partition coefficient (Wildman–Crippen LogP) is 3.20. The molecule has 2 atom stereocenters. The normalized spacial score (nSPS) is 27.9. The fourth-order valence-corrected chi connectivity index (χ4v) is 4.01. The van der Waals surface area contributed by atoms with E-state index in [0.717, 1.165) is 19.6 Å². The van der Waals surface area contributed by atoms with Gasteiger partial charge in [-0.25, -0.2) is 0 Å². The summed E-state index contributed by atoms with van der Waals surface area (Å²) >= 11 is 0. The topological polar surface area (TPSA) is 21.7 Å². The van der Waals surface area contributed by atoms with Crippen molar-refractivity contribution in [2.45, 2.75) is 57.2 Å². The summed E-state index contributed by atoms with van der Waals surface area (Å²) < 4.78 is 11.4. The van der Waals surface area contributed by atoms with Gasteiger partial charge in [-0.15, -0.1) is 0 Å². The van der Waals surface area contributed by atoms with E-state index in [0.29, 0.717) is 18.2 Å². The first-order chi connectivity index (χ1) is 10.8. The van der Waals surface area contributed by atoms with E-state index >= 15 is 0 Å². The van der Waals surface area contributed by atoms with Crippen LogP contribution in [-0.2, 0) is 15.9 Å². The first-order valence-electron chi connectivity index (χ1n) is 8.70. The summed E-state index contributed by atoms with van der Waals surface area (Å²) in [6.45, 7) is 5.18. The Hall–Kier alpha value is -0.900.